The molecule has 0 radical (unpaired) electrons. The summed E-state index contributed by atoms with van der Waals surface area (Å²) in [5.74, 6) is 0.879. The van der Waals surface area contributed by atoms with E-state index in [0.29, 0.717) is 30.0 Å². The van der Waals surface area contributed by atoms with E-state index in [2.05, 4.69) is 15.5 Å². The van der Waals surface area contributed by atoms with Crippen LogP contribution < -0.4 is 11.5 Å². The second kappa shape index (κ2) is 4.99. The summed E-state index contributed by atoms with van der Waals surface area (Å²) in [7, 11) is -2.92. The Morgan fingerprint density at radius 2 is 1.71 bits per heavy atom. The summed E-state index contributed by atoms with van der Waals surface area (Å²) in [6.07, 6.45) is 1.02. The molecule has 0 spiro atoms. The van der Waals surface area contributed by atoms with Crippen LogP contribution in [-0.4, -0.2) is 40.1 Å². The summed E-state index contributed by atoms with van der Waals surface area (Å²) in [6, 6.07) is 5.13. The maximum Gasteiger partial charge on any atom is 0.182 e. The van der Waals surface area contributed by atoms with Crippen LogP contribution in [0.2, 0.25) is 0 Å². The number of benzene rings is 1. The van der Waals surface area contributed by atoms with E-state index in [1.807, 2.05) is 0 Å². The van der Waals surface area contributed by atoms with Gasteiger partial charge in [-0.2, -0.15) is 0 Å². The molecule has 2 heterocycles. The zero-order valence-electron chi connectivity index (χ0n) is 11.3. The SMILES string of the molecule is Nc1cc(N)cc(-c2nnnn2C2CCS(=O)(=O)CC2)c1. The average Bonchev–Trinajstić information content (AvgIpc) is 2.86. The fraction of sp³-hybridized carbons (Fsp3) is 0.417. The molecule has 0 bridgehead atoms. The molecule has 9 heteroatoms. The van der Waals surface area contributed by atoms with Crippen LogP contribution in [0, 0.1) is 0 Å². The van der Waals surface area contributed by atoms with Gasteiger partial charge < -0.3 is 11.5 Å². The van der Waals surface area contributed by atoms with Crippen LogP contribution in [0.15, 0.2) is 18.2 Å². The second-order valence-corrected chi connectivity index (χ2v) is 7.52. The van der Waals surface area contributed by atoms with Gasteiger partial charge in [0, 0.05) is 16.9 Å². The first-order valence-corrected chi connectivity index (χ1v) is 8.41. The summed E-state index contributed by atoms with van der Waals surface area (Å²) in [5.41, 5.74) is 13.4. The molecule has 3 rings (SSSR count). The number of aromatic nitrogens is 4. The Kier molecular flexibility index (Phi) is 3.28. The van der Waals surface area contributed by atoms with Gasteiger partial charge in [-0.3, -0.25) is 0 Å². The van der Waals surface area contributed by atoms with E-state index < -0.39 is 9.84 Å². The third-order valence-electron chi connectivity index (χ3n) is 3.60. The number of nitrogen functional groups attached to an aromatic ring is 2. The standard InChI is InChI=1S/C12H16N6O2S/c13-9-5-8(6-10(14)7-9)12-15-16-17-18(12)11-1-3-21(19,20)4-2-11/h5-7,11H,1-4,13-14H2. The molecule has 4 N–H and O–H groups in total. The van der Waals surface area contributed by atoms with Crippen molar-refractivity contribution in [2.45, 2.75) is 18.9 Å². The minimum Gasteiger partial charge on any atom is -0.399 e. The number of nitrogens with two attached hydrogens (primary N) is 2. The normalized spacial score (nSPS) is 18.7. The van der Waals surface area contributed by atoms with E-state index >= 15 is 0 Å². The smallest absolute Gasteiger partial charge is 0.182 e. The van der Waals surface area contributed by atoms with Gasteiger partial charge >= 0.3 is 0 Å². The maximum absolute atomic E-state index is 11.5. The van der Waals surface area contributed by atoms with E-state index in [9.17, 15) is 8.42 Å². The van der Waals surface area contributed by atoms with E-state index in [4.69, 9.17) is 11.5 Å². The van der Waals surface area contributed by atoms with Crippen molar-refractivity contribution in [3.63, 3.8) is 0 Å². The molecule has 112 valence electrons. The van der Waals surface area contributed by atoms with Gasteiger partial charge in [0.1, 0.15) is 9.84 Å². The molecule has 0 unspecified atom stereocenters. The van der Waals surface area contributed by atoms with E-state index in [-0.39, 0.29) is 17.5 Å². The van der Waals surface area contributed by atoms with Gasteiger partial charge in [0.2, 0.25) is 0 Å². The molecule has 21 heavy (non-hydrogen) atoms. The van der Waals surface area contributed by atoms with Crippen molar-refractivity contribution in [2.24, 2.45) is 0 Å². The topological polar surface area (TPSA) is 130 Å². The predicted molar refractivity (Wildman–Crippen MR) is 79.0 cm³/mol. The summed E-state index contributed by atoms with van der Waals surface area (Å²) in [5, 5.41) is 11.7. The second-order valence-electron chi connectivity index (χ2n) is 5.22. The van der Waals surface area contributed by atoms with Gasteiger partial charge in [-0.05, 0) is 41.5 Å². The molecule has 1 fully saturated rings. The third kappa shape index (κ3) is 2.82. The first kappa shape index (κ1) is 13.8. The van der Waals surface area contributed by atoms with Crippen LogP contribution in [0.3, 0.4) is 0 Å². The van der Waals surface area contributed by atoms with Gasteiger partial charge in [-0.15, -0.1) is 5.10 Å². The number of tetrazole rings is 1. The van der Waals surface area contributed by atoms with Crippen molar-refractivity contribution in [1.82, 2.24) is 20.2 Å². The predicted octanol–water partition coefficient (Wildman–Crippen LogP) is 0.254. The minimum absolute atomic E-state index is 0.0267. The van der Waals surface area contributed by atoms with Crippen LogP contribution in [0.25, 0.3) is 11.4 Å². The van der Waals surface area contributed by atoms with Crippen LogP contribution in [0.5, 0.6) is 0 Å². The zero-order valence-corrected chi connectivity index (χ0v) is 12.1. The molecule has 1 aliphatic heterocycles. The van der Waals surface area contributed by atoms with Crippen molar-refractivity contribution in [3.05, 3.63) is 18.2 Å². The largest absolute Gasteiger partial charge is 0.399 e. The van der Waals surface area contributed by atoms with Crippen molar-refractivity contribution in [3.8, 4) is 11.4 Å². The van der Waals surface area contributed by atoms with Gasteiger partial charge in [-0.25, -0.2) is 13.1 Å². The summed E-state index contributed by atoms with van der Waals surface area (Å²) in [6.45, 7) is 0. The lowest BCUT2D eigenvalue weighted by molar-refractivity contribution is 0.408. The van der Waals surface area contributed by atoms with Crippen molar-refractivity contribution in [2.75, 3.05) is 23.0 Å². The quantitative estimate of drug-likeness (QED) is 0.761. The number of hydrogen-bond acceptors (Lipinski definition) is 7. The Bertz CT molecular complexity index is 736. The molecule has 1 aliphatic rings. The molecular weight excluding hydrogens is 292 g/mol. The average molecular weight is 308 g/mol. The molecule has 0 aliphatic carbocycles. The maximum atomic E-state index is 11.5. The fourth-order valence-corrected chi connectivity index (χ4v) is 4.02. The van der Waals surface area contributed by atoms with Crippen LogP contribution in [0.4, 0.5) is 11.4 Å². The molecule has 0 atom stereocenters. The minimum atomic E-state index is -2.92. The molecule has 1 aromatic heterocycles. The van der Waals surface area contributed by atoms with Crippen molar-refractivity contribution >= 4 is 21.2 Å². The van der Waals surface area contributed by atoms with Gasteiger partial charge in [0.05, 0.1) is 17.5 Å². The summed E-state index contributed by atoms with van der Waals surface area (Å²) in [4.78, 5) is 0. The molecule has 1 saturated heterocycles. The van der Waals surface area contributed by atoms with Gasteiger partial charge in [-0.1, -0.05) is 0 Å². The number of sulfone groups is 1. The number of rotatable bonds is 2. The highest BCUT2D eigenvalue weighted by Gasteiger charge is 2.27. The molecule has 0 amide bonds. The molecule has 1 aromatic carbocycles. The van der Waals surface area contributed by atoms with Crippen LogP contribution in [0.1, 0.15) is 18.9 Å². The number of anilines is 2. The van der Waals surface area contributed by atoms with Crippen LogP contribution >= 0.6 is 0 Å². The Balaban J connectivity index is 1.94. The van der Waals surface area contributed by atoms with Gasteiger partial charge in [0.15, 0.2) is 5.82 Å². The Morgan fingerprint density at radius 1 is 1.10 bits per heavy atom. The lowest BCUT2D eigenvalue weighted by atomic mass is 10.1. The molecular formula is C12H16N6O2S. The molecule has 2 aromatic rings. The highest BCUT2D eigenvalue weighted by atomic mass is 32.2. The number of nitrogens with zero attached hydrogens (tertiary/aromatic N) is 4. The third-order valence-corrected chi connectivity index (χ3v) is 5.31. The summed E-state index contributed by atoms with van der Waals surface area (Å²) >= 11 is 0. The zero-order chi connectivity index (χ0) is 15.0. The molecule has 0 saturated carbocycles. The summed E-state index contributed by atoms with van der Waals surface area (Å²) < 4.78 is 24.7. The Labute approximate surface area is 122 Å². The Hall–Kier alpha value is -2.16. The highest BCUT2D eigenvalue weighted by Crippen LogP contribution is 2.29. The van der Waals surface area contributed by atoms with E-state index in [0.717, 1.165) is 5.56 Å². The van der Waals surface area contributed by atoms with Crippen molar-refractivity contribution in [1.29, 1.82) is 0 Å². The van der Waals surface area contributed by atoms with E-state index in [1.54, 1.807) is 22.9 Å². The number of hydrogen-bond donors (Lipinski definition) is 2. The van der Waals surface area contributed by atoms with E-state index in [1.165, 1.54) is 0 Å². The first-order chi connectivity index (χ1) is 9.94. The Morgan fingerprint density at radius 3 is 2.33 bits per heavy atom. The lowest BCUT2D eigenvalue weighted by Crippen LogP contribution is -2.26. The lowest BCUT2D eigenvalue weighted by Gasteiger charge is -2.22. The fourth-order valence-electron chi connectivity index (χ4n) is 2.56. The monoisotopic (exact) mass is 308 g/mol. The van der Waals surface area contributed by atoms with Gasteiger partial charge in [0.25, 0.3) is 0 Å². The van der Waals surface area contributed by atoms with Crippen molar-refractivity contribution < 1.29 is 8.42 Å². The van der Waals surface area contributed by atoms with Crippen LogP contribution in [-0.2, 0) is 9.84 Å². The highest BCUT2D eigenvalue weighted by molar-refractivity contribution is 7.91. The first-order valence-electron chi connectivity index (χ1n) is 6.59. The molecule has 8 nitrogen and oxygen atoms in total.